The maximum atomic E-state index is 4.99. The van der Waals surface area contributed by atoms with Gasteiger partial charge < -0.3 is 4.74 Å². The maximum Gasteiger partial charge on any atom is 0.0962 e. The van der Waals surface area contributed by atoms with Gasteiger partial charge in [0.2, 0.25) is 0 Å². The molecule has 1 saturated heterocycles. The molecular formula is C4H10NOP. The summed E-state index contributed by atoms with van der Waals surface area (Å²) in [5, 5.41) is 3.02. The summed E-state index contributed by atoms with van der Waals surface area (Å²) in [7, 11) is 2.47. The molecule has 0 aromatic heterocycles. The van der Waals surface area contributed by atoms with Crippen molar-refractivity contribution in [1.29, 1.82) is 0 Å². The Morgan fingerprint density at radius 1 is 2.00 bits per heavy atom. The fraction of sp³-hybridized carbons (Fsp3) is 1.00. The largest absolute Gasteiger partial charge is 0.371 e. The van der Waals surface area contributed by atoms with E-state index >= 15 is 0 Å². The van der Waals surface area contributed by atoms with E-state index < -0.39 is 0 Å². The smallest absolute Gasteiger partial charge is 0.0962 e. The normalized spacial score (nSPS) is 32.6. The van der Waals surface area contributed by atoms with E-state index in [-0.39, 0.29) is 0 Å². The monoisotopic (exact) mass is 119 g/mol. The van der Waals surface area contributed by atoms with Gasteiger partial charge in [0.15, 0.2) is 0 Å². The van der Waals surface area contributed by atoms with Crippen molar-refractivity contribution < 1.29 is 4.74 Å². The molecule has 1 heterocycles. The van der Waals surface area contributed by atoms with Gasteiger partial charge in [0.25, 0.3) is 0 Å². The van der Waals surface area contributed by atoms with Crippen molar-refractivity contribution in [3.63, 3.8) is 0 Å². The Bertz CT molecular complexity index is 64.7. The van der Waals surface area contributed by atoms with E-state index in [1.54, 1.807) is 0 Å². The Kier molecular flexibility index (Phi) is 1.63. The van der Waals surface area contributed by atoms with E-state index in [1.807, 2.05) is 0 Å². The lowest BCUT2D eigenvalue weighted by atomic mass is 10.3. The van der Waals surface area contributed by atoms with Crippen molar-refractivity contribution in [2.24, 2.45) is 0 Å². The molecule has 1 aliphatic rings. The third-order valence-electron chi connectivity index (χ3n) is 1.18. The lowest BCUT2D eigenvalue weighted by Gasteiger charge is -2.01. The van der Waals surface area contributed by atoms with Gasteiger partial charge in [0.1, 0.15) is 0 Å². The number of nitrogens with one attached hydrogen (secondary N) is 1. The van der Waals surface area contributed by atoms with E-state index in [0.29, 0.717) is 12.1 Å². The first-order valence-electron chi connectivity index (χ1n) is 2.42. The molecule has 0 saturated carbocycles. The zero-order valence-electron chi connectivity index (χ0n) is 4.35. The van der Waals surface area contributed by atoms with E-state index in [0.717, 1.165) is 6.61 Å². The van der Waals surface area contributed by atoms with Crippen molar-refractivity contribution in [3.05, 3.63) is 0 Å². The molecule has 1 aliphatic heterocycles. The highest BCUT2D eigenvalue weighted by atomic mass is 31.0. The number of ether oxygens (including phenoxy) is 1. The Morgan fingerprint density at radius 2 is 2.57 bits per heavy atom. The average molecular weight is 119 g/mol. The SMILES string of the molecule is C[C@H](NP)[C@H]1CO1. The Labute approximate surface area is 45.9 Å². The summed E-state index contributed by atoms with van der Waals surface area (Å²) in [5.41, 5.74) is 0. The summed E-state index contributed by atoms with van der Waals surface area (Å²) < 4.78 is 4.99. The summed E-state index contributed by atoms with van der Waals surface area (Å²) in [4.78, 5) is 0. The Hall–Kier alpha value is 0.350. The average Bonchev–Trinajstić information content (AvgIpc) is 2.44. The standard InChI is InChI=1S/C4H10NOP/c1-3(5-7)4-2-6-4/h3-5H,2,7H2,1H3/t3-,4+/m0/s1. The van der Waals surface area contributed by atoms with E-state index in [9.17, 15) is 0 Å². The van der Waals surface area contributed by atoms with E-state index in [1.165, 1.54) is 0 Å². The van der Waals surface area contributed by atoms with Crippen LogP contribution in [0, 0.1) is 0 Å². The van der Waals surface area contributed by atoms with Crippen LogP contribution in [0.2, 0.25) is 0 Å². The van der Waals surface area contributed by atoms with Gasteiger partial charge in [-0.25, -0.2) is 0 Å². The molecule has 3 atom stereocenters. The minimum absolute atomic E-state index is 0.484. The fourth-order valence-corrected chi connectivity index (χ4v) is 0.666. The Morgan fingerprint density at radius 3 is 2.71 bits per heavy atom. The van der Waals surface area contributed by atoms with Crippen molar-refractivity contribution >= 4 is 9.39 Å². The van der Waals surface area contributed by atoms with Gasteiger partial charge >= 0.3 is 0 Å². The third kappa shape index (κ3) is 1.37. The summed E-state index contributed by atoms with van der Waals surface area (Å²) in [5.74, 6) is 0. The molecule has 1 unspecified atom stereocenters. The minimum Gasteiger partial charge on any atom is -0.371 e. The van der Waals surface area contributed by atoms with Gasteiger partial charge in [0, 0.05) is 6.04 Å². The molecule has 1 fully saturated rings. The third-order valence-corrected chi connectivity index (χ3v) is 1.71. The van der Waals surface area contributed by atoms with Crippen molar-refractivity contribution in [1.82, 2.24) is 5.09 Å². The van der Waals surface area contributed by atoms with E-state index in [2.05, 4.69) is 21.4 Å². The van der Waals surface area contributed by atoms with Crippen LogP contribution in [0.15, 0.2) is 0 Å². The van der Waals surface area contributed by atoms with Gasteiger partial charge in [-0.1, -0.05) is 9.39 Å². The number of rotatable bonds is 2. The van der Waals surface area contributed by atoms with Crippen LogP contribution in [0.3, 0.4) is 0 Å². The van der Waals surface area contributed by atoms with Crippen LogP contribution < -0.4 is 5.09 Å². The van der Waals surface area contributed by atoms with Crippen LogP contribution in [0.4, 0.5) is 0 Å². The molecular weight excluding hydrogens is 109 g/mol. The van der Waals surface area contributed by atoms with Crippen LogP contribution in [-0.4, -0.2) is 18.8 Å². The van der Waals surface area contributed by atoms with Crippen molar-refractivity contribution in [2.75, 3.05) is 6.61 Å². The summed E-state index contributed by atoms with van der Waals surface area (Å²) in [6.07, 6.45) is 0.484. The second kappa shape index (κ2) is 2.08. The van der Waals surface area contributed by atoms with Gasteiger partial charge in [-0.05, 0) is 6.92 Å². The second-order valence-electron chi connectivity index (χ2n) is 1.83. The molecule has 0 aromatic rings. The molecule has 1 rings (SSSR count). The van der Waals surface area contributed by atoms with Gasteiger partial charge in [-0.3, -0.25) is 5.09 Å². The Balaban J connectivity index is 2.10. The highest BCUT2D eigenvalue weighted by Gasteiger charge is 2.27. The van der Waals surface area contributed by atoms with Crippen LogP contribution in [-0.2, 0) is 4.74 Å². The molecule has 2 nitrogen and oxygen atoms in total. The molecule has 7 heavy (non-hydrogen) atoms. The molecule has 42 valence electrons. The first kappa shape index (κ1) is 5.49. The van der Waals surface area contributed by atoms with Crippen molar-refractivity contribution in [2.45, 2.75) is 19.1 Å². The van der Waals surface area contributed by atoms with Crippen molar-refractivity contribution in [3.8, 4) is 0 Å². The quantitative estimate of drug-likeness (QED) is 0.413. The van der Waals surface area contributed by atoms with Crippen LogP contribution in [0.25, 0.3) is 0 Å². The predicted octanol–water partition coefficient (Wildman–Crippen LogP) is 0.153. The molecule has 0 aliphatic carbocycles. The topological polar surface area (TPSA) is 24.6 Å². The zero-order chi connectivity index (χ0) is 5.28. The molecule has 0 aromatic carbocycles. The summed E-state index contributed by atoms with van der Waals surface area (Å²) in [6, 6.07) is 0.505. The highest BCUT2D eigenvalue weighted by Crippen LogP contribution is 2.13. The first-order chi connectivity index (χ1) is 3.34. The fourth-order valence-electron chi connectivity index (χ4n) is 0.452. The zero-order valence-corrected chi connectivity index (χ0v) is 5.50. The molecule has 0 amide bonds. The number of epoxide rings is 1. The predicted molar refractivity (Wildman–Crippen MR) is 32.0 cm³/mol. The van der Waals surface area contributed by atoms with E-state index in [4.69, 9.17) is 4.74 Å². The maximum absolute atomic E-state index is 4.99. The molecule has 3 heteroatoms. The second-order valence-corrected chi connectivity index (χ2v) is 2.16. The van der Waals surface area contributed by atoms with Crippen LogP contribution >= 0.6 is 9.39 Å². The first-order valence-corrected chi connectivity index (χ1v) is 3.00. The minimum atomic E-state index is 0.484. The molecule has 1 N–H and O–H groups in total. The van der Waals surface area contributed by atoms with Crippen LogP contribution in [0.1, 0.15) is 6.92 Å². The lowest BCUT2D eigenvalue weighted by molar-refractivity contribution is 0.374. The molecule has 0 radical (unpaired) electrons. The van der Waals surface area contributed by atoms with Crippen LogP contribution in [0.5, 0.6) is 0 Å². The molecule has 0 bridgehead atoms. The summed E-state index contributed by atoms with van der Waals surface area (Å²) in [6.45, 7) is 3.03. The van der Waals surface area contributed by atoms with Gasteiger partial charge in [-0.2, -0.15) is 0 Å². The highest BCUT2D eigenvalue weighted by molar-refractivity contribution is 7.13. The lowest BCUT2D eigenvalue weighted by Crippen LogP contribution is -2.21. The molecule has 0 spiro atoms. The number of hydrogen-bond acceptors (Lipinski definition) is 2. The summed E-state index contributed by atoms with van der Waals surface area (Å²) >= 11 is 0. The van der Waals surface area contributed by atoms with Gasteiger partial charge in [-0.15, -0.1) is 0 Å². The van der Waals surface area contributed by atoms with Gasteiger partial charge in [0.05, 0.1) is 12.7 Å². The number of hydrogen-bond donors (Lipinski definition) is 1.